The normalized spacial score (nSPS) is 10.8. The number of aryl methyl sites for hydroxylation is 2. The number of halogens is 1. The van der Waals surface area contributed by atoms with E-state index in [9.17, 15) is 0 Å². The van der Waals surface area contributed by atoms with Crippen LogP contribution in [0.1, 0.15) is 17.7 Å². The summed E-state index contributed by atoms with van der Waals surface area (Å²) in [5.41, 5.74) is 3.57. The van der Waals surface area contributed by atoms with Crippen LogP contribution in [0.4, 0.5) is 0 Å². The number of pyridine rings is 1. The van der Waals surface area contributed by atoms with Crippen LogP contribution in [0.15, 0.2) is 30.3 Å². The van der Waals surface area contributed by atoms with Gasteiger partial charge in [0.05, 0.1) is 5.52 Å². The number of hydrogen-bond donors (Lipinski definition) is 0. The molecule has 0 unspecified atom stereocenters. The highest BCUT2D eigenvalue weighted by Gasteiger charge is 1.98. The van der Waals surface area contributed by atoms with Crippen LogP contribution >= 0.6 is 15.9 Å². The summed E-state index contributed by atoms with van der Waals surface area (Å²) in [5, 5.41) is 2.31. The second kappa shape index (κ2) is 4.75. The fourth-order valence-corrected chi connectivity index (χ4v) is 1.98. The Bertz CT molecular complexity index is 465. The lowest BCUT2D eigenvalue weighted by Gasteiger charge is -2.03. The van der Waals surface area contributed by atoms with Gasteiger partial charge in [0.1, 0.15) is 0 Å². The van der Waals surface area contributed by atoms with Crippen LogP contribution in [0, 0.1) is 6.92 Å². The molecule has 1 heterocycles. The predicted octanol–water partition coefficient (Wildman–Crippen LogP) is 3.87. The molecule has 0 radical (unpaired) electrons. The van der Waals surface area contributed by atoms with Gasteiger partial charge < -0.3 is 0 Å². The number of hydrogen-bond acceptors (Lipinski definition) is 1. The molecule has 0 aliphatic heterocycles. The van der Waals surface area contributed by atoms with Crippen LogP contribution in [0.3, 0.4) is 0 Å². The molecule has 0 spiro atoms. The van der Waals surface area contributed by atoms with Crippen molar-refractivity contribution in [3.8, 4) is 0 Å². The average molecular weight is 264 g/mol. The highest BCUT2D eigenvalue weighted by atomic mass is 79.9. The van der Waals surface area contributed by atoms with Crippen LogP contribution < -0.4 is 0 Å². The van der Waals surface area contributed by atoms with Crippen molar-refractivity contribution in [1.82, 2.24) is 4.98 Å². The van der Waals surface area contributed by atoms with Crippen LogP contribution in [0.25, 0.3) is 10.9 Å². The van der Waals surface area contributed by atoms with Crippen molar-refractivity contribution in [2.45, 2.75) is 19.8 Å². The van der Waals surface area contributed by atoms with E-state index >= 15 is 0 Å². The van der Waals surface area contributed by atoms with Gasteiger partial charge in [0.2, 0.25) is 0 Å². The van der Waals surface area contributed by atoms with Gasteiger partial charge in [-0.05, 0) is 43.5 Å². The summed E-state index contributed by atoms with van der Waals surface area (Å²) in [5.74, 6) is 0. The van der Waals surface area contributed by atoms with Crippen molar-refractivity contribution < 1.29 is 0 Å². The molecule has 0 bridgehead atoms. The van der Waals surface area contributed by atoms with Crippen LogP contribution in [0.2, 0.25) is 0 Å². The Kier molecular flexibility index (Phi) is 3.37. The molecule has 0 fully saturated rings. The smallest absolute Gasteiger partial charge is 0.0705 e. The topological polar surface area (TPSA) is 12.9 Å². The maximum Gasteiger partial charge on any atom is 0.0705 e. The molecule has 1 nitrogen and oxygen atoms in total. The molecule has 0 aliphatic rings. The molecule has 0 amide bonds. The Balaban J connectivity index is 2.34. The second-order valence-corrected chi connectivity index (χ2v) is 4.57. The fourth-order valence-electron chi connectivity index (χ4n) is 1.70. The molecule has 0 aliphatic carbocycles. The fraction of sp³-hybridized carbons (Fsp3) is 0.308. The molecule has 0 saturated carbocycles. The molecule has 15 heavy (non-hydrogen) atoms. The summed E-state index contributed by atoms with van der Waals surface area (Å²) < 4.78 is 0. The molecule has 1 aromatic carbocycles. The van der Waals surface area contributed by atoms with E-state index in [4.69, 9.17) is 0 Å². The van der Waals surface area contributed by atoms with Gasteiger partial charge in [-0.2, -0.15) is 0 Å². The minimum atomic E-state index is 1.07. The molecule has 1 aromatic heterocycles. The Morgan fingerprint density at radius 3 is 2.87 bits per heavy atom. The molecule has 0 atom stereocenters. The zero-order valence-electron chi connectivity index (χ0n) is 8.83. The van der Waals surface area contributed by atoms with Gasteiger partial charge in [-0.1, -0.05) is 28.1 Å². The highest BCUT2D eigenvalue weighted by Crippen LogP contribution is 2.16. The van der Waals surface area contributed by atoms with E-state index in [0.717, 1.165) is 23.0 Å². The standard InChI is InChI=1S/C13H14BrN/c1-10-4-6-12-9-11(3-2-8-14)5-7-13(12)15-10/h4-7,9H,2-3,8H2,1H3. The minimum absolute atomic E-state index is 1.07. The van der Waals surface area contributed by atoms with Crippen molar-refractivity contribution in [1.29, 1.82) is 0 Å². The molecule has 0 saturated heterocycles. The van der Waals surface area contributed by atoms with Crippen molar-refractivity contribution in [3.05, 3.63) is 41.6 Å². The maximum atomic E-state index is 4.49. The van der Waals surface area contributed by atoms with E-state index in [1.807, 2.05) is 6.92 Å². The number of fused-ring (bicyclic) bond motifs is 1. The summed E-state index contributed by atoms with van der Waals surface area (Å²) >= 11 is 3.45. The van der Waals surface area contributed by atoms with E-state index in [1.54, 1.807) is 0 Å². The lowest BCUT2D eigenvalue weighted by atomic mass is 10.1. The van der Waals surface area contributed by atoms with E-state index in [-0.39, 0.29) is 0 Å². The van der Waals surface area contributed by atoms with Gasteiger partial charge in [0.15, 0.2) is 0 Å². The number of alkyl halides is 1. The van der Waals surface area contributed by atoms with E-state index in [1.165, 1.54) is 17.4 Å². The highest BCUT2D eigenvalue weighted by molar-refractivity contribution is 9.09. The Labute approximate surface area is 98.7 Å². The maximum absolute atomic E-state index is 4.49. The molecule has 2 rings (SSSR count). The number of nitrogens with zero attached hydrogens (tertiary/aromatic N) is 1. The molecule has 2 aromatic rings. The van der Waals surface area contributed by atoms with Gasteiger partial charge in [-0.15, -0.1) is 0 Å². The first-order valence-electron chi connectivity index (χ1n) is 5.22. The number of benzene rings is 1. The Hall–Kier alpha value is -0.890. The van der Waals surface area contributed by atoms with Gasteiger partial charge >= 0.3 is 0 Å². The molecule has 0 N–H and O–H groups in total. The first-order valence-corrected chi connectivity index (χ1v) is 6.34. The Morgan fingerprint density at radius 1 is 1.20 bits per heavy atom. The third-order valence-corrected chi connectivity index (χ3v) is 3.05. The SMILES string of the molecule is Cc1ccc2cc(CCCBr)ccc2n1. The summed E-state index contributed by atoms with van der Waals surface area (Å²) in [4.78, 5) is 4.49. The third kappa shape index (κ3) is 2.57. The third-order valence-electron chi connectivity index (χ3n) is 2.49. The van der Waals surface area contributed by atoms with Crippen molar-refractivity contribution in [2.75, 3.05) is 5.33 Å². The van der Waals surface area contributed by atoms with Gasteiger partial charge in [-0.25, -0.2) is 0 Å². The minimum Gasteiger partial charge on any atom is -0.253 e. The van der Waals surface area contributed by atoms with Crippen molar-refractivity contribution in [3.63, 3.8) is 0 Å². The summed E-state index contributed by atoms with van der Waals surface area (Å²) in [7, 11) is 0. The lowest BCUT2D eigenvalue weighted by molar-refractivity contribution is 0.941. The lowest BCUT2D eigenvalue weighted by Crippen LogP contribution is -1.88. The van der Waals surface area contributed by atoms with Gasteiger partial charge in [0.25, 0.3) is 0 Å². The number of aromatic nitrogens is 1. The molecular weight excluding hydrogens is 250 g/mol. The van der Waals surface area contributed by atoms with Crippen LogP contribution in [-0.2, 0) is 6.42 Å². The second-order valence-electron chi connectivity index (χ2n) is 3.77. The zero-order chi connectivity index (χ0) is 10.7. The molecule has 2 heteroatoms. The van der Waals surface area contributed by atoms with E-state index in [0.29, 0.717) is 0 Å². The van der Waals surface area contributed by atoms with Crippen LogP contribution in [0.5, 0.6) is 0 Å². The predicted molar refractivity (Wildman–Crippen MR) is 68.6 cm³/mol. The van der Waals surface area contributed by atoms with E-state index < -0.39 is 0 Å². The van der Waals surface area contributed by atoms with Crippen molar-refractivity contribution >= 4 is 26.8 Å². The van der Waals surface area contributed by atoms with Gasteiger partial charge in [-0.3, -0.25) is 4.98 Å². The van der Waals surface area contributed by atoms with Crippen LogP contribution in [-0.4, -0.2) is 10.3 Å². The quantitative estimate of drug-likeness (QED) is 0.767. The first kappa shape index (κ1) is 10.6. The van der Waals surface area contributed by atoms with Gasteiger partial charge in [0, 0.05) is 16.4 Å². The molecular formula is C13H14BrN. The summed E-state index contributed by atoms with van der Waals surface area (Å²) in [6.07, 6.45) is 2.32. The average Bonchev–Trinajstić information content (AvgIpc) is 2.26. The first-order chi connectivity index (χ1) is 7.29. The van der Waals surface area contributed by atoms with Crippen molar-refractivity contribution in [2.24, 2.45) is 0 Å². The largest absolute Gasteiger partial charge is 0.253 e. The zero-order valence-corrected chi connectivity index (χ0v) is 10.4. The number of rotatable bonds is 3. The molecule has 78 valence electrons. The van der Waals surface area contributed by atoms with E-state index in [2.05, 4.69) is 51.2 Å². The monoisotopic (exact) mass is 263 g/mol. The summed E-state index contributed by atoms with van der Waals surface area (Å²) in [6, 6.07) is 10.7. The Morgan fingerprint density at radius 2 is 2.07 bits per heavy atom. The summed E-state index contributed by atoms with van der Waals surface area (Å²) in [6.45, 7) is 2.03.